The zero-order chi connectivity index (χ0) is 25.0. The Morgan fingerprint density at radius 1 is 1.35 bits per heavy atom. The van der Waals surface area contributed by atoms with E-state index < -0.39 is 29.2 Å². The van der Waals surface area contributed by atoms with Crippen molar-refractivity contribution >= 4 is 28.8 Å². The fourth-order valence-corrected chi connectivity index (χ4v) is 3.26. The minimum atomic E-state index is -5.05. The third-order valence-corrected chi connectivity index (χ3v) is 5.02. The highest BCUT2D eigenvalue weighted by atomic mass is 19.4. The first kappa shape index (κ1) is 24.8. The summed E-state index contributed by atoms with van der Waals surface area (Å²) in [5, 5.41) is 2.38. The van der Waals surface area contributed by atoms with Crippen LogP contribution in [0.4, 0.5) is 29.1 Å². The predicted octanol–water partition coefficient (Wildman–Crippen LogP) is 4.25. The molecule has 3 N–H and O–H groups in total. The summed E-state index contributed by atoms with van der Waals surface area (Å²) in [6.07, 6.45) is -0.504. The van der Waals surface area contributed by atoms with Crippen LogP contribution in [0, 0.1) is 5.82 Å². The number of ether oxygens (including phenoxy) is 1. The molecule has 0 spiro atoms. The van der Waals surface area contributed by atoms with E-state index in [4.69, 9.17) is 10.5 Å². The monoisotopic (exact) mass is 478 g/mol. The number of nitrogens with two attached hydrogens (primary N) is 1. The maximum atomic E-state index is 13.9. The highest BCUT2D eigenvalue weighted by Gasteiger charge is 2.41. The summed E-state index contributed by atoms with van der Waals surface area (Å²) in [6.45, 7) is 3.67. The van der Waals surface area contributed by atoms with Crippen LogP contribution in [-0.4, -0.2) is 39.3 Å². The van der Waals surface area contributed by atoms with Crippen molar-refractivity contribution in [2.75, 3.05) is 12.4 Å². The van der Waals surface area contributed by atoms with Crippen molar-refractivity contribution < 1.29 is 27.1 Å². The topological polar surface area (TPSA) is 107 Å². The quantitative estimate of drug-likeness (QED) is 0.300. The number of anilines is 1. The van der Waals surface area contributed by atoms with E-state index in [9.17, 15) is 22.4 Å². The van der Waals surface area contributed by atoms with Gasteiger partial charge in [0.25, 0.3) is 5.91 Å². The number of imidazole rings is 1. The molecule has 3 heterocycles. The number of nitrogens with zero attached hydrogens (tertiary/aromatic N) is 4. The predicted molar refractivity (Wildman–Crippen MR) is 118 cm³/mol. The zero-order valence-corrected chi connectivity index (χ0v) is 18.5. The number of carbonyl (C=O) groups is 1. The highest BCUT2D eigenvalue weighted by Crippen LogP contribution is 2.28. The van der Waals surface area contributed by atoms with Gasteiger partial charge in [0, 0.05) is 25.7 Å². The molecule has 0 fully saturated rings. The normalized spacial score (nSPS) is 13.9. The van der Waals surface area contributed by atoms with Gasteiger partial charge in [-0.1, -0.05) is 6.92 Å². The van der Waals surface area contributed by atoms with Gasteiger partial charge in [-0.2, -0.15) is 13.2 Å². The summed E-state index contributed by atoms with van der Waals surface area (Å²) in [5.74, 6) is -2.17. The number of aliphatic imine (C=N–C) groups is 1. The summed E-state index contributed by atoms with van der Waals surface area (Å²) >= 11 is 0. The van der Waals surface area contributed by atoms with E-state index in [2.05, 4.69) is 20.3 Å². The molecule has 8 nitrogen and oxygen atoms in total. The molecule has 34 heavy (non-hydrogen) atoms. The van der Waals surface area contributed by atoms with Gasteiger partial charge >= 0.3 is 6.18 Å². The summed E-state index contributed by atoms with van der Waals surface area (Å²) in [7, 11) is 1.52. The number of hydrogen-bond donors (Lipinski definition) is 2. The number of pyridine rings is 2. The Hall–Kier alpha value is -3.80. The smallest absolute Gasteiger partial charge is 0.404 e. The van der Waals surface area contributed by atoms with E-state index in [1.165, 1.54) is 25.7 Å². The Morgan fingerprint density at radius 3 is 2.71 bits per heavy atom. The molecule has 0 saturated heterocycles. The molecule has 0 aliphatic heterocycles. The van der Waals surface area contributed by atoms with Crippen molar-refractivity contribution in [1.29, 1.82) is 0 Å². The standard InChI is InChI=1S/C22H22F4N6O2/c1-4-13-9-14(11-29-18(13)12(2)34-3)30-21(33)15(10-27)19(22(24,25)26)31-17-6-5-16(23)20-28-7-8-32(17)20/h5-12H,4,27H2,1-3H3,(H,30,33). The summed E-state index contributed by atoms with van der Waals surface area (Å²) < 4.78 is 61.9. The molecule has 0 aromatic carbocycles. The number of amides is 1. The van der Waals surface area contributed by atoms with Crippen LogP contribution in [0.3, 0.4) is 0 Å². The number of hydrogen-bond acceptors (Lipinski definition) is 6. The molecule has 0 saturated carbocycles. The van der Waals surface area contributed by atoms with Crippen molar-refractivity contribution in [3.05, 3.63) is 65.6 Å². The Bertz CT molecular complexity index is 1270. The largest absolute Gasteiger partial charge is 0.434 e. The van der Waals surface area contributed by atoms with Gasteiger partial charge in [0.15, 0.2) is 17.2 Å². The SMILES string of the molecule is CCc1cc(NC(=O)C(=CN)C(=Nc2ccc(F)c3nccn23)C(F)(F)F)cnc1C(C)OC. The number of methoxy groups -OCH3 is 1. The van der Waals surface area contributed by atoms with Gasteiger partial charge in [-0.3, -0.25) is 14.2 Å². The molecule has 3 rings (SSSR count). The van der Waals surface area contributed by atoms with Gasteiger partial charge in [0.05, 0.1) is 29.3 Å². The van der Waals surface area contributed by atoms with Crippen molar-refractivity contribution in [1.82, 2.24) is 14.4 Å². The lowest BCUT2D eigenvalue weighted by Crippen LogP contribution is -2.32. The van der Waals surface area contributed by atoms with Crippen molar-refractivity contribution in [3.63, 3.8) is 0 Å². The van der Waals surface area contributed by atoms with E-state index in [-0.39, 0.29) is 23.3 Å². The number of halogens is 4. The molecule has 0 aliphatic carbocycles. The minimum absolute atomic E-state index is 0.175. The molecule has 180 valence electrons. The molecular weight excluding hydrogens is 456 g/mol. The van der Waals surface area contributed by atoms with Gasteiger partial charge in [-0.25, -0.2) is 14.4 Å². The number of rotatable bonds is 7. The summed E-state index contributed by atoms with van der Waals surface area (Å²) in [4.78, 5) is 24.4. The van der Waals surface area contributed by atoms with Crippen molar-refractivity contribution in [3.8, 4) is 0 Å². The Morgan fingerprint density at radius 2 is 2.09 bits per heavy atom. The second-order valence-corrected chi connectivity index (χ2v) is 7.15. The van der Waals surface area contributed by atoms with E-state index in [0.29, 0.717) is 18.3 Å². The molecule has 1 unspecified atom stereocenters. The number of aryl methyl sites for hydroxylation is 1. The van der Waals surface area contributed by atoms with Gasteiger partial charge in [-0.15, -0.1) is 0 Å². The van der Waals surface area contributed by atoms with Gasteiger partial charge < -0.3 is 15.8 Å². The maximum absolute atomic E-state index is 13.9. The second-order valence-electron chi connectivity index (χ2n) is 7.15. The number of fused-ring (bicyclic) bond motifs is 1. The van der Waals surface area contributed by atoms with Crippen LogP contribution >= 0.6 is 0 Å². The average Bonchev–Trinajstić information content (AvgIpc) is 3.30. The summed E-state index contributed by atoms with van der Waals surface area (Å²) in [6, 6.07) is 3.57. The minimum Gasteiger partial charge on any atom is -0.404 e. The lowest BCUT2D eigenvalue weighted by Gasteiger charge is -2.16. The Balaban J connectivity index is 1.99. The first-order chi connectivity index (χ1) is 16.1. The number of aromatic nitrogens is 3. The van der Waals surface area contributed by atoms with Gasteiger partial charge in [0.1, 0.15) is 5.82 Å². The van der Waals surface area contributed by atoms with Gasteiger partial charge in [0.2, 0.25) is 0 Å². The zero-order valence-electron chi connectivity index (χ0n) is 18.5. The second kappa shape index (κ2) is 10.00. The van der Waals surface area contributed by atoms with E-state index in [1.54, 1.807) is 13.0 Å². The lowest BCUT2D eigenvalue weighted by molar-refractivity contribution is -0.113. The summed E-state index contributed by atoms with van der Waals surface area (Å²) in [5.41, 5.74) is 4.31. The van der Waals surface area contributed by atoms with E-state index in [0.717, 1.165) is 22.1 Å². The Labute approximate surface area is 192 Å². The fourth-order valence-electron chi connectivity index (χ4n) is 3.26. The van der Waals surface area contributed by atoms with Crippen LogP contribution in [0.1, 0.15) is 31.2 Å². The third-order valence-electron chi connectivity index (χ3n) is 5.02. The molecule has 12 heteroatoms. The van der Waals surface area contributed by atoms with Crippen LogP contribution in [0.15, 0.2) is 53.6 Å². The highest BCUT2D eigenvalue weighted by molar-refractivity contribution is 6.27. The maximum Gasteiger partial charge on any atom is 0.434 e. The van der Waals surface area contributed by atoms with Crippen molar-refractivity contribution in [2.24, 2.45) is 10.7 Å². The molecule has 3 aromatic heterocycles. The van der Waals surface area contributed by atoms with Crippen LogP contribution in [0.5, 0.6) is 0 Å². The lowest BCUT2D eigenvalue weighted by atomic mass is 10.1. The molecule has 0 radical (unpaired) electrons. The number of carbonyl (C=O) groups excluding carboxylic acids is 1. The van der Waals surface area contributed by atoms with Crippen LogP contribution in [-0.2, 0) is 16.0 Å². The van der Waals surface area contributed by atoms with Crippen LogP contribution in [0.25, 0.3) is 5.65 Å². The van der Waals surface area contributed by atoms with Crippen LogP contribution < -0.4 is 11.1 Å². The third kappa shape index (κ3) is 5.06. The molecule has 1 atom stereocenters. The first-order valence-corrected chi connectivity index (χ1v) is 10.1. The average molecular weight is 478 g/mol. The van der Waals surface area contributed by atoms with E-state index in [1.807, 2.05) is 6.92 Å². The number of nitrogens with one attached hydrogen (secondary N) is 1. The molecule has 0 aliphatic rings. The molecular formula is C22H22F4N6O2. The fraction of sp³-hybridized carbons (Fsp3) is 0.273. The Kier molecular flexibility index (Phi) is 7.30. The number of alkyl halides is 3. The first-order valence-electron chi connectivity index (χ1n) is 10.1. The molecule has 1 amide bonds. The van der Waals surface area contributed by atoms with Gasteiger partial charge in [-0.05, 0) is 37.1 Å². The van der Waals surface area contributed by atoms with E-state index >= 15 is 0 Å². The van der Waals surface area contributed by atoms with Crippen LogP contribution in [0.2, 0.25) is 0 Å². The molecule has 0 bridgehead atoms. The van der Waals surface area contributed by atoms with Crippen molar-refractivity contribution in [2.45, 2.75) is 32.5 Å². The molecule has 3 aromatic rings.